The van der Waals surface area contributed by atoms with Gasteiger partial charge >= 0.3 is 0 Å². The van der Waals surface area contributed by atoms with Gasteiger partial charge in [-0.25, -0.2) is 4.68 Å². The summed E-state index contributed by atoms with van der Waals surface area (Å²) in [5.74, 6) is 2.25. The highest BCUT2D eigenvalue weighted by molar-refractivity contribution is 7.98. The lowest BCUT2D eigenvalue weighted by Gasteiger charge is -2.11. The van der Waals surface area contributed by atoms with Crippen LogP contribution < -0.4 is 0 Å². The second-order valence-corrected chi connectivity index (χ2v) is 8.28. The lowest BCUT2D eigenvalue weighted by atomic mass is 10.1. The zero-order chi connectivity index (χ0) is 21.2. The molecular formula is C22H22N8S. The minimum absolute atomic E-state index is 0.616. The number of para-hydroxylation sites is 1. The predicted octanol–water partition coefficient (Wildman–Crippen LogP) is 4.41. The van der Waals surface area contributed by atoms with Gasteiger partial charge in [0.25, 0.3) is 0 Å². The first-order chi connectivity index (χ1) is 15.2. The largest absolute Gasteiger partial charge is 0.360 e. The highest BCUT2D eigenvalue weighted by Crippen LogP contribution is 2.33. The molecule has 5 aromatic rings. The molecule has 0 radical (unpaired) electrons. The van der Waals surface area contributed by atoms with Crippen molar-refractivity contribution in [3.8, 4) is 17.1 Å². The predicted molar refractivity (Wildman–Crippen MR) is 121 cm³/mol. The monoisotopic (exact) mass is 430 g/mol. The lowest BCUT2D eigenvalue weighted by molar-refractivity contribution is 0.564. The van der Waals surface area contributed by atoms with Gasteiger partial charge in [-0.3, -0.25) is 4.57 Å². The van der Waals surface area contributed by atoms with Crippen molar-refractivity contribution in [1.82, 2.24) is 40.0 Å². The zero-order valence-electron chi connectivity index (χ0n) is 17.4. The second kappa shape index (κ2) is 8.35. The number of hydrogen-bond acceptors (Lipinski definition) is 6. The van der Waals surface area contributed by atoms with Crippen LogP contribution in [0.2, 0.25) is 0 Å². The summed E-state index contributed by atoms with van der Waals surface area (Å²) in [5, 5.41) is 23.1. The van der Waals surface area contributed by atoms with Crippen LogP contribution in [0.15, 0.2) is 59.9 Å². The van der Waals surface area contributed by atoms with Crippen LogP contribution in [-0.4, -0.2) is 40.0 Å². The molecule has 0 atom stereocenters. The third-order valence-corrected chi connectivity index (χ3v) is 6.02. The SMILES string of the molecule is CCCn1nnnc1CSc1nnc(-c2c[nH]c3ccccc23)n1-c1cccc(C)c1. The van der Waals surface area contributed by atoms with E-state index in [1.165, 1.54) is 5.56 Å². The van der Waals surface area contributed by atoms with Crippen molar-refractivity contribution in [2.45, 2.75) is 37.7 Å². The first kappa shape index (κ1) is 19.5. The maximum absolute atomic E-state index is 4.59. The molecule has 0 saturated carbocycles. The first-order valence-corrected chi connectivity index (χ1v) is 11.2. The van der Waals surface area contributed by atoms with Gasteiger partial charge in [-0.15, -0.1) is 15.3 Å². The van der Waals surface area contributed by atoms with Crippen molar-refractivity contribution < 1.29 is 0 Å². The van der Waals surface area contributed by atoms with Gasteiger partial charge in [-0.1, -0.05) is 49.0 Å². The summed E-state index contributed by atoms with van der Waals surface area (Å²) < 4.78 is 3.96. The summed E-state index contributed by atoms with van der Waals surface area (Å²) in [7, 11) is 0. The summed E-state index contributed by atoms with van der Waals surface area (Å²) in [6, 6.07) is 16.6. The normalized spacial score (nSPS) is 11.4. The molecule has 0 spiro atoms. The molecule has 156 valence electrons. The van der Waals surface area contributed by atoms with Crippen molar-refractivity contribution in [3.63, 3.8) is 0 Å². The van der Waals surface area contributed by atoms with Gasteiger partial charge in [-0.2, -0.15) is 0 Å². The van der Waals surface area contributed by atoms with Crippen LogP contribution >= 0.6 is 11.8 Å². The minimum atomic E-state index is 0.616. The molecule has 0 fully saturated rings. The Bertz CT molecular complexity index is 1330. The number of hydrogen-bond donors (Lipinski definition) is 1. The smallest absolute Gasteiger partial charge is 0.196 e. The fourth-order valence-corrected chi connectivity index (χ4v) is 4.52. The van der Waals surface area contributed by atoms with Crippen molar-refractivity contribution in [3.05, 3.63) is 66.1 Å². The van der Waals surface area contributed by atoms with Gasteiger partial charge in [0.05, 0.1) is 5.75 Å². The van der Waals surface area contributed by atoms with E-state index in [-0.39, 0.29) is 0 Å². The van der Waals surface area contributed by atoms with Crippen LogP contribution in [0.1, 0.15) is 24.7 Å². The molecule has 8 nitrogen and oxygen atoms in total. The van der Waals surface area contributed by atoms with Crippen LogP contribution in [0.3, 0.4) is 0 Å². The Kier molecular flexibility index (Phi) is 5.25. The fourth-order valence-electron chi connectivity index (χ4n) is 3.64. The van der Waals surface area contributed by atoms with E-state index in [9.17, 15) is 0 Å². The van der Waals surface area contributed by atoms with Gasteiger partial charge in [0, 0.05) is 34.9 Å². The van der Waals surface area contributed by atoms with Gasteiger partial charge in [-0.05, 0) is 47.5 Å². The Morgan fingerprint density at radius 1 is 1.03 bits per heavy atom. The molecule has 2 aromatic carbocycles. The standard InChI is InChI=1S/C22H22N8S/c1-3-11-29-20(24-27-28-29)14-31-22-26-25-21(30(22)16-8-6-7-15(2)12-16)18-13-23-19-10-5-4-9-17(18)19/h4-10,12-13,23H,3,11,14H2,1-2H3. The van der Waals surface area contributed by atoms with Crippen LogP contribution in [0.25, 0.3) is 28.0 Å². The summed E-state index contributed by atoms with van der Waals surface area (Å²) in [5.41, 5.74) is 4.30. The van der Waals surface area contributed by atoms with Gasteiger partial charge < -0.3 is 4.98 Å². The number of tetrazole rings is 1. The maximum Gasteiger partial charge on any atom is 0.196 e. The number of H-pyrrole nitrogens is 1. The van der Waals surface area contributed by atoms with Crippen molar-refractivity contribution in [1.29, 1.82) is 0 Å². The molecule has 9 heteroatoms. The van der Waals surface area contributed by atoms with E-state index in [0.717, 1.165) is 51.9 Å². The molecular weight excluding hydrogens is 408 g/mol. The molecule has 0 aliphatic rings. The summed E-state index contributed by atoms with van der Waals surface area (Å²) in [6.45, 7) is 5.00. The van der Waals surface area contributed by atoms with E-state index in [4.69, 9.17) is 0 Å². The topological polar surface area (TPSA) is 90.1 Å². The Balaban J connectivity index is 1.58. The van der Waals surface area contributed by atoms with Crippen molar-refractivity contribution in [2.75, 3.05) is 0 Å². The third kappa shape index (κ3) is 3.72. The molecule has 3 heterocycles. The summed E-state index contributed by atoms with van der Waals surface area (Å²) >= 11 is 1.58. The number of aryl methyl sites for hydroxylation is 2. The van der Waals surface area contributed by atoms with E-state index < -0.39 is 0 Å². The van der Waals surface area contributed by atoms with E-state index in [2.05, 4.69) is 85.5 Å². The molecule has 3 aromatic heterocycles. The minimum Gasteiger partial charge on any atom is -0.360 e. The second-order valence-electron chi connectivity index (χ2n) is 7.34. The van der Waals surface area contributed by atoms with E-state index in [0.29, 0.717) is 5.75 Å². The molecule has 0 aliphatic carbocycles. The molecule has 0 aliphatic heterocycles. The van der Waals surface area contributed by atoms with Gasteiger partial charge in [0.2, 0.25) is 0 Å². The number of thioether (sulfide) groups is 1. The molecule has 5 rings (SSSR count). The van der Waals surface area contributed by atoms with Crippen molar-refractivity contribution >= 4 is 22.7 Å². The zero-order valence-corrected chi connectivity index (χ0v) is 18.2. The van der Waals surface area contributed by atoms with E-state index >= 15 is 0 Å². The maximum atomic E-state index is 4.59. The molecule has 0 amide bonds. The van der Waals surface area contributed by atoms with Gasteiger partial charge in [0.1, 0.15) is 0 Å². The van der Waals surface area contributed by atoms with Crippen LogP contribution in [0.4, 0.5) is 0 Å². The van der Waals surface area contributed by atoms with Crippen molar-refractivity contribution in [2.24, 2.45) is 0 Å². The Morgan fingerprint density at radius 2 is 1.94 bits per heavy atom. The van der Waals surface area contributed by atoms with Crippen LogP contribution in [0, 0.1) is 6.92 Å². The average Bonchev–Trinajstić information content (AvgIpc) is 3.50. The highest BCUT2D eigenvalue weighted by atomic mass is 32.2. The summed E-state index contributed by atoms with van der Waals surface area (Å²) in [4.78, 5) is 3.34. The average molecular weight is 431 g/mol. The molecule has 0 saturated heterocycles. The Labute approximate surface area is 183 Å². The number of nitrogens with zero attached hydrogens (tertiary/aromatic N) is 7. The fraction of sp³-hybridized carbons (Fsp3) is 0.227. The number of aromatic nitrogens is 8. The summed E-state index contributed by atoms with van der Waals surface area (Å²) in [6.07, 6.45) is 2.98. The van der Waals surface area contributed by atoms with Gasteiger partial charge in [0.15, 0.2) is 16.8 Å². The Morgan fingerprint density at radius 3 is 2.81 bits per heavy atom. The van der Waals surface area contributed by atoms with E-state index in [1.807, 2.05) is 23.0 Å². The Hall–Kier alpha value is -3.46. The number of aromatic amines is 1. The number of rotatable bonds is 7. The lowest BCUT2D eigenvalue weighted by Crippen LogP contribution is -2.05. The first-order valence-electron chi connectivity index (χ1n) is 10.2. The van der Waals surface area contributed by atoms with Crippen LogP contribution in [0.5, 0.6) is 0 Å². The molecule has 0 bridgehead atoms. The molecule has 0 unspecified atom stereocenters. The third-order valence-electron chi connectivity index (χ3n) is 5.10. The molecule has 1 N–H and O–H groups in total. The quantitative estimate of drug-likeness (QED) is 0.385. The number of benzene rings is 2. The van der Waals surface area contributed by atoms with E-state index in [1.54, 1.807) is 11.8 Å². The molecule has 31 heavy (non-hydrogen) atoms. The highest BCUT2D eigenvalue weighted by Gasteiger charge is 2.20. The number of fused-ring (bicyclic) bond motifs is 1. The van der Waals surface area contributed by atoms with Crippen LogP contribution in [-0.2, 0) is 12.3 Å². The number of nitrogens with one attached hydrogen (secondary N) is 1.